The summed E-state index contributed by atoms with van der Waals surface area (Å²) >= 11 is 12.7. The fourth-order valence-corrected chi connectivity index (χ4v) is 7.36. The lowest BCUT2D eigenvalue weighted by Gasteiger charge is -2.53. The predicted octanol–water partition coefficient (Wildman–Crippen LogP) is 7.30. The maximum Gasteiger partial charge on any atom is 0.229 e. The highest BCUT2D eigenvalue weighted by molar-refractivity contribution is 6.30. The first-order chi connectivity index (χ1) is 18.4. The maximum absolute atomic E-state index is 14.7. The molecule has 5 nitrogen and oxygen atoms in total. The van der Waals surface area contributed by atoms with E-state index in [0.29, 0.717) is 48.6 Å². The number of aliphatic hydroxyl groups excluding tert-OH is 2. The third kappa shape index (κ3) is 5.86. The summed E-state index contributed by atoms with van der Waals surface area (Å²) in [4.78, 5) is 16.7. The molecule has 2 fully saturated rings. The van der Waals surface area contributed by atoms with Gasteiger partial charge in [-0.05, 0) is 73.4 Å². The van der Waals surface area contributed by atoms with Crippen molar-refractivity contribution >= 4 is 29.1 Å². The van der Waals surface area contributed by atoms with Crippen LogP contribution in [0.4, 0.5) is 0 Å². The van der Waals surface area contributed by atoms with Crippen LogP contribution in [0, 0.1) is 28.1 Å². The minimum Gasteiger partial charge on any atom is -0.392 e. The molecule has 7 heteroatoms. The molecule has 2 aromatic rings. The number of carbonyl (C=O) groups is 1. The highest BCUT2D eigenvalue weighted by atomic mass is 35.5. The summed E-state index contributed by atoms with van der Waals surface area (Å²) < 4.78 is 0. The lowest BCUT2D eigenvalue weighted by molar-refractivity contribution is -0.157. The van der Waals surface area contributed by atoms with Crippen molar-refractivity contribution < 1.29 is 15.0 Å². The number of piperidine rings is 1. The molecule has 0 bridgehead atoms. The summed E-state index contributed by atoms with van der Waals surface area (Å²) in [5, 5.41) is 32.6. The third-order valence-corrected chi connectivity index (χ3v) is 9.84. The van der Waals surface area contributed by atoms with E-state index in [-0.39, 0.29) is 29.8 Å². The molecule has 2 aromatic carbocycles. The molecule has 1 aliphatic heterocycles. The van der Waals surface area contributed by atoms with Crippen LogP contribution in [-0.4, -0.2) is 39.3 Å². The van der Waals surface area contributed by atoms with Crippen molar-refractivity contribution in [3.8, 4) is 6.07 Å². The lowest BCUT2D eigenvalue weighted by Crippen LogP contribution is -2.56. The van der Waals surface area contributed by atoms with Gasteiger partial charge in [-0.25, -0.2) is 0 Å². The zero-order chi connectivity index (χ0) is 28.5. The van der Waals surface area contributed by atoms with Gasteiger partial charge in [0.15, 0.2) is 0 Å². The molecule has 0 radical (unpaired) electrons. The molecular weight excluding hydrogens is 531 g/mol. The number of amides is 1. The van der Waals surface area contributed by atoms with E-state index >= 15 is 0 Å². The molecule has 0 unspecified atom stereocenters. The molecule has 7 atom stereocenters. The monoisotopic (exact) mass is 570 g/mol. The average molecular weight is 572 g/mol. The topological polar surface area (TPSA) is 84.6 Å². The highest BCUT2D eigenvalue weighted by Gasteiger charge is 2.55. The molecule has 1 heterocycles. The molecule has 210 valence electrons. The van der Waals surface area contributed by atoms with Crippen LogP contribution >= 0.6 is 23.2 Å². The van der Waals surface area contributed by atoms with Crippen molar-refractivity contribution in [2.75, 3.05) is 0 Å². The summed E-state index contributed by atoms with van der Waals surface area (Å²) in [6, 6.07) is 17.4. The van der Waals surface area contributed by atoms with E-state index in [1.807, 2.05) is 68.1 Å². The second kappa shape index (κ2) is 11.8. The first-order valence-corrected chi connectivity index (χ1v) is 14.7. The Morgan fingerprint density at radius 2 is 1.77 bits per heavy atom. The summed E-state index contributed by atoms with van der Waals surface area (Å²) in [6.45, 7) is 7.85. The second-order valence-corrected chi connectivity index (χ2v) is 13.2. The van der Waals surface area contributed by atoms with Gasteiger partial charge in [0.1, 0.15) is 0 Å². The smallest absolute Gasteiger partial charge is 0.229 e. The van der Waals surface area contributed by atoms with Gasteiger partial charge < -0.3 is 15.1 Å². The number of nitriles is 1. The SMILES string of the molecule is CC[C@@H](CCC#N)N1C(=O)[C@@](C)(C[C@H]2C[C@H](O)C(C)(C)[C@H]2O)C[C@H](c2cccc(Cl)c2)[C@H]1c1ccc(Cl)cc1. The summed E-state index contributed by atoms with van der Waals surface area (Å²) in [5.41, 5.74) is 0.637. The first-order valence-electron chi connectivity index (χ1n) is 14.0. The largest absolute Gasteiger partial charge is 0.392 e. The Morgan fingerprint density at radius 3 is 2.33 bits per heavy atom. The molecule has 2 aliphatic rings. The van der Waals surface area contributed by atoms with E-state index in [1.54, 1.807) is 0 Å². The summed E-state index contributed by atoms with van der Waals surface area (Å²) in [7, 11) is 0. The lowest BCUT2D eigenvalue weighted by atomic mass is 9.64. The van der Waals surface area contributed by atoms with Crippen molar-refractivity contribution in [3.63, 3.8) is 0 Å². The summed E-state index contributed by atoms with van der Waals surface area (Å²) in [5.74, 6) is -0.228. The Hall–Kier alpha value is -2.10. The number of nitrogens with zero attached hydrogens (tertiary/aromatic N) is 2. The fourth-order valence-electron chi connectivity index (χ4n) is 7.04. The van der Waals surface area contributed by atoms with Crippen molar-refractivity contribution in [2.45, 2.75) is 96.4 Å². The van der Waals surface area contributed by atoms with Crippen LogP contribution < -0.4 is 0 Å². The van der Waals surface area contributed by atoms with E-state index in [0.717, 1.165) is 11.1 Å². The number of benzene rings is 2. The first kappa shape index (κ1) is 29.9. The Kier molecular flexibility index (Phi) is 9.03. The van der Waals surface area contributed by atoms with Crippen molar-refractivity contribution in [3.05, 3.63) is 69.7 Å². The minimum atomic E-state index is -0.776. The molecular formula is C32H40Cl2N2O3. The Morgan fingerprint density at radius 1 is 1.08 bits per heavy atom. The fraction of sp³-hybridized carbons (Fsp3) is 0.562. The van der Waals surface area contributed by atoms with Crippen LogP contribution in [0.25, 0.3) is 0 Å². The number of rotatable bonds is 8. The molecule has 1 amide bonds. The molecule has 39 heavy (non-hydrogen) atoms. The van der Waals surface area contributed by atoms with Crippen molar-refractivity contribution in [1.82, 2.24) is 4.90 Å². The van der Waals surface area contributed by atoms with Crippen LogP contribution in [0.3, 0.4) is 0 Å². The molecule has 0 spiro atoms. The maximum atomic E-state index is 14.7. The standard InChI is InChI=1S/C32H40Cl2N2O3/c1-5-25(10-7-15-35)36-28(20-11-13-23(33)14-12-20)26(21-8-6-9-24(34)16-21)19-32(4,30(36)39)18-22-17-27(37)31(2,3)29(22)38/h6,8-9,11-14,16,22,25-29,37-38H,5,7,10,17-19H2,1-4H3/t22-,25+,26-,27+,28-,29+,32+/m1/s1. The molecule has 1 aliphatic carbocycles. The van der Waals surface area contributed by atoms with Crippen LogP contribution in [-0.2, 0) is 4.79 Å². The molecule has 1 saturated heterocycles. The van der Waals surface area contributed by atoms with Gasteiger partial charge in [0.2, 0.25) is 5.91 Å². The van der Waals surface area contributed by atoms with E-state index in [2.05, 4.69) is 19.1 Å². The predicted molar refractivity (Wildman–Crippen MR) is 155 cm³/mol. The van der Waals surface area contributed by atoms with E-state index in [1.165, 1.54) is 0 Å². The van der Waals surface area contributed by atoms with E-state index in [9.17, 15) is 20.3 Å². The van der Waals surface area contributed by atoms with Gasteiger partial charge in [-0.2, -0.15) is 5.26 Å². The van der Waals surface area contributed by atoms with Crippen LogP contribution in [0.15, 0.2) is 48.5 Å². The van der Waals surface area contributed by atoms with Crippen LogP contribution in [0.1, 0.15) is 89.3 Å². The van der Waals surface area contributed by atoms with Crippen LogP contribution in [0.5, 0.6) is 0 Å². The Balaban J connectivity index is 1.85. The van der Waals surface area contributed by atoms with Crippen molar-refractivity contribution in [2.24, 2.45) is 16.7 Å². The molecule has 1 saturated carbocycles. The number of hydrogen-bond acceptors (Lipinski definition) is 4. The van der Waals surface area contributed by atoms with Gasteiger partial charge in [-0.3, -0.25) is 4.79 Å². The minimum absolute atomic E-state index is 0.0388. The third-order valence-electron chi connectivity index (χ3n) is 9.35. The molecule has 4 rings (SSSR count). The number of halogens is 2. The van der Waals surface area contributed by atoms with Gasteiger partial charge in [-0.1, -0.05) is 75.2 Å². The molecule has 0 aromatic heterocycles. The van der Waals surface area contributed by atoms with Crippen molar-refractivity contribution in [1.29, 1.82) is 5.26 Å². The number of aliphatic hydroxyl groups is 2. The number of carbonyl (C=O) groups excluding carboxylic acids is 1. The summed E-state index contributed by atoms with van der Waals surface area (Å²) in [6.07, 6.45) is 1.84. The Labute approximate surface area is 242 Å². The number of likely N-dealkylation sites (tertiary alicyclic amines) is 1. The van der Waals surface area contributed by atoms with Gasteiger partial charge >= 0.3 is 0 Å². The highest BCUT2D eigenvalue weighted by Crippen LogP contribution is 2.55. The zero-order valence-electron chi connectivity index (χ0n) is 23.3. The quantitative estimate of drug-likeness (QED) is 0.348. The van der Waals surface area contributed by atoms with Gasteiger partial charge in [0.25, 0.3) is 0 Å². The van der Waals surface area contributed by atoms with Gasteiger partial charge in [0, 0.05) is 39.3 Å². The normalized spacial score (nSPS) is 31.2. The Bertz CT molecular complexity index is 1210. The molecule has 2 N–H and O–H groups in total. The van der Waals surface area contributed by atoms with Crippen LogP contribution in [0.2, 0.25) is 10.0 Å². The second-order valence-electron chi connectivity index (χ2n) is 12.4. The average Bonchev–Trinajstić information content (AvgIpc) is 3.09. The van der Waals surface area contributed by atoms with E-state index in [4.69, 9.17) is 23.2 Å². The van der Waals surface area contributed by atoms with Gasteiger partial charge in [0.05, 0.1) is 24.3 Å². The zero-order valence-corrected chi connectivity index (χ0v) is 24.8. The number of hydrogen-bond donors (Lipinski definition) is 2. The van der Waals surface area contributed by atoms with E-state index < -0.39 is 23.0 Å². The van der Waals surface area contributed by atoms with Gasteiger partial charge in [-0.15, -0.1) is 0 Å².